The van der Waals surface area contributed by atoms with Gasteiger partial charge in [-0.15, -0.1) is 0 Å². The molecule has 4 saturated carbocycles. The normalized spacial score (nSPS) is 37.7. The number of halogens is 1. The Morgan fingerprint density at radius 1 is 1.03 bits per heavy atom. The van der Waals surface area contributed by atoms with Gasteiger partial charge in [0.2, 0.25) is 5.91 Å². The molecule has 1 saturated heterocycles. The molecule has 1 unspecified atom stereocenters. The molecule has 0 spiro atoms. The van der Waals surface area contributed by atoms with E-state index in [4.69, 9.17) is 4.74 Å². The van der Waals surface area contributed by atoms with E-state index in [9.17, 15) is 19.1 Å². The van der Waals surface area contributed by atoms with Crippen LogP contribution in [0.4, 0.5) is 4.39 Å². The highest BCUT2D eigenvalue weighted by Crippen LogP contribution is 2.60. The minimum absolute atomic E-state index is 0.0328. The molecule has 0 aromatic heterocycles. The zero-order valence-corrected chi connectivity index (χ0v) is 16.6. The summed E-state index contributed by atoms with van der Waals surface area (Å²) in [4.78, 5) is 28.0. The number of hydrogen-bond acceptors (Lipinski definition) is 4. The number of carbonyl (C=O) groups excluding carboxylic acids is 2. The SMILES string of the molecule is O=C(OCc1ccc(F)cc1)[C@@H]1CC(O)CN1C(=O)C12CC3CC(CC(C3)C1)C2. The van der Waals surface area contributed by atoms with Crippen molar-refractivity contribution in [1.82, 2.24) is 4.90 Å². The third-order valence-corrected chi connectivity index (χ3v) is 7.60. The van der Waals surface area contributed by atoms with Crippen molar-refractivity contribution >= 4 is 11.9 Å². The second-order valence-electron chi connectivity index (χ2n) is 9.79. The summed E-state index contributed by atoms with van der Waals surface area (Å²) in [6.07, 6.45) is 6.07. The maximum atomic E-state index is 13.6. The van der Waals surface area contributed by atoms with Gasteiger partial charge >= 0.3 is 5.97 Å². The zero-order chi connectivity index (χ0) is 20.2. The number of amides is 1. The molecule has 2 atom stereocenters. The first-order valence-electron chi connectivity index (χ1n) is 10.8. The van der Waals surface area contributed by atoms with E-state index >= 15 is 0 Å². The first-order valence-corrected chi connectivity index (χ1v) is 10.8. The Morgan fingerprint density at radius 3 is 2.21 bits per heavy atom. The van der Waals surface area contributed by atoms with E-state index in [0.717, 1.165) is 19.3 Å². The van der Waals surface area contributed by atoms with Crippen molar-refractivity contribution in [1.29, 1.82) is 0 Å². The maximum Gasteiger partial charge on any atom is 0.329 e. The van der Waals surface area contributed by atoms with Crippen LogP contribution in [-0.2, 0) is 20.9 Å². The van der Waals surface area contributed by atoms with Crippen molar-refractivity contribution in [2.75, 3.05) is 6.54 Å². The van der Waals surface area contributed by atoms with Gasteiger partial charge < -0.3 is 14.7 Å². The van der Waals surface area contributed by atoms with Crippen LogP contribution in [0.15, 0.2) is 24.3 Å². The van der Waals surface area contributed by atoms with Crippen molar-refractivity contribution in [2.45, 2.75) is 63.7 Å². The average Bonchev–Trinajstić information content (AvgIpc) is 3.07. The van der Waals surface area contributed by atoms with Crippen molar-refractivity contribution in [2.24, 2.45) is 23.2 Å². The number of rotatable bonds is 4. The van der Waals surface area contributed by atoms with Crippen LogP contribution in [0.3, 0.4) is 0 Å². The lowest BCUT2D eigenvalue weighted by Crippen LogP contribution is -2.56. The van der Waals surface area contributed by atoms with Gasteiger partial charge in [-0.3, -0.25) is 4.79 Å². The summed E-state index contributed by atoms with van der Waals surface area (Å²) in [6.45, 7) is 0.238. The number of benzene rings is 1. The van der Waals surface area contributed by atoms with Gasteiger partial charge in [-0.25, -0.2) is 9.18 Å². The van der Waals surface area contributed by atoms with E-state index in [1.807, 2.05) is 0 Å². The molecule has 5 fully saturated rings. The van der Waals surface area contributed by atoms with E-state index in [-0.39, 0.29) is 36.7 Å². The molecule has 6 rings (SSSR count). The highest BCUT2D eigenvalue weighted by molar-refractivity contribution is 5.89. The predicted molar refractivity (Wildman–Crippen MR) is 103 cm³/mol. The molecule has 156 valence electrons. The first-order chi connectivity index (χ1) is 13.9. The Bertz CT molecular complexity index is 772. The van der Waals surface area contributed by atoms with Crippen molar-refractivity contribution in [3.63, 3.8) is 0 Å². The molecule has 6 heteroatoms. The van der Waals surface area contributed by atoms with Gasteiger partial charge in [0, 0.05) is 13.0 Å². The number of nitrogens with zero attached hydrogens (tertiary/aromatic N) is 1. The van der Waals surface area contributed by atoms with Crippen LogP contribution in [0.1, 0.15) is 50.5 Å². The van der Waals surface area contributed by atoms with Gasteiger partial charge in [0.1, 0.15) is 18.5 Å². The fourth-order valence-corrected chi connectivity index (χ4v) is 6.77. The Balaban J connectivity index is 1.29. The number of likely N-dealkylation sites (tertiary alicyclic amines) is 1. The molecule has 29 heavy (non-hydrogen) atoms. The molecule has 1 N–H and O–H groups in total. The van der Waals surface area contributed by atoms with Crippen LogP contribution in [0.2, 0.25) is 0 Å². The summed E-state index contributed by atoms with van der Waals surface area (Å²) in [5.41, 5.74) is 0.353. The number of esters is 1. The van der Waals surface area contributed by atoms with Gasteiger partial charge in [0.05, 0.1) is 11.5 Å². The maximum absolute atomic E-state index is 13.6. The summed E-state index contributed by atoms with van der Waals surface area (Å²) in [5.74, 6) is 1.15. The molecule has 4 bridgehead atoms. The molecule has 1 heterocycles. The highest BCUT2D eigenvalue weighted by Gasteiger charge is 2.57. The summed E-state index contributed by atoms with van der Waals surface area (Å²) >= 11 is 0. The van der Waals surface area contributed by atoms with E-state index in [1.54, 1.807) is 17.0 Å². The van der Waals surface area contributed by atoms with E-state index in [0.29, 0.717) is 23.3 Å². The molecule has 1 aromatic rings. The molecular formula is C23H28FNO4. The van der Waals surface area contributed by atoms with Crippen LogP contribution in [0.25, 0.3) is 0 Å². The Kier molecular flexibility index (Phi) is 4.65. The monoisotopic (exact) mass is 401 g/mol. The van der Waals surface area contributed by atoms with Gasteiger partial charge in [-0.2, -0.15) is 0 Å². The number of β-amino-alcohol motifs (C(OH)–C–C–N with tert-alkyl or cyclic N) is 1. The third kappa shape index (κ3) is 3.45. The lowest BCUT2D eigenvalue weighted by atomic mass is 9.49. The molecule has 4 aliphatic carbocycles. The fraction of sp³-hybridized carbons (Fsp3) is 0.652. The zero-order valence-electron chi connectivity index (χ0n) is 16.6. The van der Waals surface area contributed by atoms with Crippen LogP contribution < -0.4 is 0 Å². The number of hydrogen-bond donors (Lipinski definition) is 1. The fourth-order valence-electron chi connectivity index (χ4n) is 6.77. The highest BCUT2D eigenvalue weighted by atomic mass is 19.1. The Morgan fingerprint density at radius 2 is 1.62 bits per heavy atom. The molecule has 5 nitrogen and oxygen atoms in total. The molecular weight excluding hydrogens is 373 g/mol. The number of aliphatic hydroxyl groups is 1. The first kappa shape index (κ1) is 19.0. The smallest absolute Gasteiger partial charge is 0.329 e. The van der Waals surface area contributed by atoms with Crippen molar-refractivity contribution in [3.8, 4) is 0 Å². The summed E-state index contributed by atoms with van der Waals surface area (Å²) in [6, 6.07) is 5.07. The van der Waals surface area contributed by atoms with Gasteiger partial charge in [-0.1, -0.05) is 12.1 Å². The van der Waals surface area contributed by atoms with E-state index in [2.05, 4.69) is 0 Å². The standard InChI is InChI=1S/C23H28FNO4/c24-18-3-1-14(2-4-18)13-29-21(27)20-8-19(26)12-25(20)22(28)23-9-15-5-16(10-23)7-17(6-15)11-23/h1-4,15-17,19-20,26H,5-13H2/t15?,16?,17?,19?,20-,23?/m0/s1. The lowest BCUT2D eigenvalue weighted by molar-refractivity contribution is -0.166. The quantitative estimate of drug-likeness (QED) is 0.788. The molecule has 1 amide bonds. The Hall–Kier alpha value is -1.95. The van der Waals surface area contributed by atoms with Crippen LogP contribution in [-0.4, -0.2) is 40.6 Å². The molecule has 5 aliphatic rings. The third-order valence-electron chi connectivity index (χ3n) is 7.60. The van der Waals surface area contributed by atoms with Crippen LogP contribution in [0, 0.1) is 29.0 Å². The largest absolute Gasteiger partial charge is 0.459 e. The Labute approximate surface area is 170 Å². The average molecular weight is 401 g/mol. The van der Waals surface area contributed by atoms with Gasteiger partial charge in [-0.05, 0) is 74.0 Å². The van der Waals surface area contributed by atoms with Crippen molar-refractivity contribution in [3.05, 3.63) is 35.6 Å². The molecule has 1 aromatic carbocycles. The number of aliphatic hydroxyl groups excluding tert-OH is 1. The number of carbonyl (C=O) groups is 2. The van der Waals surface area contributed by atoms with E-state index in [1.165, 1.54) is 31.4 Å². The van der Waals surface area contributed by atoms with Crippen LogP contribution in [0.5, 0.6) is 0 Å². The second-order valence-corrected chi connectivity index (χ2v) is 9.79. The second kappa shape index (κ2) is 7.08. The summed E-state index contributed by atoms with van der Waals surface area (Å²) in [5, 5.41) is 10.2. The topological polar surface area (TPSA) is 66.8 Å². The number of ether oxygens (including phenoxy) is 1. The van der Waals surface area contributed by atoms with Gasteiger partial charge in [0.15, 0.2) is 0 Å². The minimum atomic E-state index is -0.731. The van der Waals surface area contributed by atoms with Crippen molar-refractivity contribution < 1.29 is 23.8 Å². The van der Waals surface area contributed by atoms with E-state index < -0.39 is 18.1 Å². The minimum Gasteiger partial charge on any atom is -0.459 e. The molecule has 1 aliphatic heterocycles. The predicted octanol–water partition coefficient (Wildman–Crippen LogP) is 3.05. The van der Waals surface area contributed by atoms with Crippen LogP contribution >= 0.6 is 0 Å². The summed E-state index contributed by atoms with van der Waals surface area (Å²) < 4.78 is 18.5. The van der Waals surface area contributed by atoms with Gasteiger partial charge in [0.25, 0.3) is 0 Å². The molecule has 0 radical (unpaired) electrons. The lowest BCUT2D eigenvalue weighted by Gasteiger charge is -2.56. The summed E-state index contributed by atoms with van der Waals surface area (Å²) in [7, 11) is 0.